The zero-order chi connectivity index (χ0) is 17.0. The number of methoxy groups -OCH3 is 3. The Hall–Kier alpha value is -1.75. The van der Waals surface area contributed by atoms with Gasteiger partial charge in [0.1, 0.15) is 11.5 Å². The van der Waals surface area contributed by atoms with Crippen LogP contribution in [0.25, 0.3) is 0 Å². The van der Waals surface area contributed by atoms with E-state index in [9.17, 15) is 4.79 Å². The molecule has 0 unspecified atom stereocenters. The maximum absolute atomic E-state index is 12.8. The molecule has 0 spiro atoms. The molecule has 23 heavy (non-hydrogen) atoms. The van der Waals surface area contributed by atoms with E-state index in [0.29, 0.717) is 23.2 Å². The molecule has 0 heterocycles. The van der Waals surface area contributed by atoms with E-state index >= 15 is 0 Å². The predicted octanol–water partition coefficient (Wildman–Crippen LogP) is 3.04. The van der Waals surface area contributed by atoms with Crippen LogP contribution in [0.1, 0.15) is 41.6 Å². The van der Waals surface area contributed by atoms with Crippen molar-refractivity contribution in [1.82, 2.24) is 4.90 Å². The van der Waals surface area contributed by atoms with Gasteiger partial charge in [-0.3, -0.25) is 4.79 Å². The van der Waals surface area contributed by atoms with Crippen molar-refractivity contribution in [2.24, 2.45) is 0 Å². The minimum atomic E-state index is 0.00228. The Morgan fingerprint density at radius 3 is 2.00 bits per heavy atom. The van der Waals surface area contributed by atoms with Gasteiger partial charge < -0.3 is 19.1 Å². The molecule has 2 rings (SSSR count). The molecule has 5 heteroatoms. The first-order valence-electron chi connectivity index (χ1n) is 8.04. The summed E-state index contributed by atoms with van der Waals surface area (Å²) in [6.07, 6.45) is 4.27. The Balaban J connectivity index is 2.16. The lowest BCUT2D eigenvalue weighted by atomic mass is 9.91. The van der Waals surface area contributed by atoms with Crippen molar-refractivity contribution in [3.05, 3.63) is 23.3 Å². The SMILES string of the molecule is COc1cc(C(=O)N(C)C2CCC(OC)CC2)cc(OC)c1C. The largest absolute Gasteiger partial charge is 0.496 e. The summed E-state index contributed by atoms with van der Waals surface area (Å²) in [4.78, 5) is 14.7. The van der Waals surface area contributed by atoms with Crippen molar-refractivity contribution in [3.63, 3.8) is 0 Å². The summed E-state index contributed by atoms with van der Waals surface area (Å²) in [6, 6.07) is 3.83. The van der Waals surface area contributed by atoms with Gasteiger partial charge in [-0.15, -0.1) is 0 Å². The van der Waals surface area contributed by atoms with E-state index in [2.05, 4.69) is 0 Å². The second-order valence-corrected chi connectivity index (χ2v) is 6.09. The summed E-state index contributed by atoms with van der Waals surface area (Å²) in [5, 5.41) is 0. The summed E-state index contributed by atoms with van der Waals surface area (Å²) >= 11 is 0. The van der Waals surface area contributed by atoms with Gasteiger partial charge in [0.2, 0.25) is 0 Å². The first-order chi connectivity index (χ1) is 11.0. The Morgan fingerprint density at radius 1 is 1.04 bits per heavy atom. The van der Waals surface area contributed by atoms with E-state index in [4.69, 9.17) is 14.2 Å². The number of rotatable bonds is 5. The Labute approximate surface area is 138 Å². The van der Waals surface area contributed by atoms with E-state index < -0.39 is 0 Å². The highest BCUT2D eigenvalue weighted by molar-refractivity contribution is 5.95. The van der Waals surface area contributed by atoms with E-state index in [1.165, 1.54) is 0 Å². The van der Waals surface area contributed by atoms with Crippen LogP contribution in [0.15, 0.2) is 12.1 Å². The molecule has 0 bridgehead atoms. The molecule has 1 saturated carbocycles. The van der Waals surface area contributed by atoms with Gasteiger partial charge in [-0.1, -0.05) is 0 Å². The second-order valence-electron chi connectivity index (χ2n) is 6.09. The van der Waals surface area contributed by atoms with Crippen LogP contribution >= 0.6 is 0 Å². The number of carbonyl (C=O) groups excluding carboxylic acids is 1. The van der Waals surface area contributed by atoms with Crippen LogP contribution in [0.4, 0.5) is 0 Å². The molecule has 0 N–H and O–H groups in total. The Kier molecular flexibility index (Phi) is 5.88. The summed E-state index contributed by atoms with van der Waals surface area (Å²) < 4.78 is 16.1. The monoisotopic (exact) mass is 321 g/mol. The number of amides is 1. The summed E-state index contributed by atoms with van der Waals surface area (Å²) in [6.45, 7) is 1.92. The molecule has 128 valence electrons. The standard InChI is InChI=1S/C18H27NO4/c1-12-16(22-4)10-13(11-17(12)23-5)18(20)19(2)14-6-8-15(21-3)9-7-14/h10-11,14-15H,6-9H2,1-5H3. The van der Waals surface area contributed by atoms with E-state index in [1.807, 2.05) is 18.9 Å². The summed E-state index contributed by atoms with van der Waals surface area (Å²) in [5.74, 6) is 1.34. The van der Waals surface area contributed by atoms with Crippen molar-refractivity contribution in [2.75, 3.05) is 28.4 Å². The van der Waals surface area contributed by atoms with Crippen molar-refractivity contribution < 1.29 is 19.0 Å². The van der Waals surface area contributed by atoms with Crippen LogP contribution in [0.5, 0.6) is 11.5 Å². The van der Waals surface area contributed by atoms with Gasteiger partial charge in [0.05, 0.1) is 20.3 Å². The van der Waals surface area contributed by atoms with Gasteiger partial charge in [-0.25, -0.2) is 0 Å². The molecule has 0 saturated heterocycles. The Bertz CT molecular complexity index is 525. The molecule has 1 fully saturated rings. The van der Waals surface area contributed by atoms with Crippen LogP contribution < -0.4 is 9.47 Å². The van der Waals surface area contributed by atoms with E-state index in [-0.39, 0.29) is 11.9 Å². The molecule has 0 aromatic heterocycles. The van der Waals surface area contributed by atoms with Crippen LogP contribution in [-0.4, -0.2) is 51.3 Å². The first-order valence-corrected chi connectivity index (χ1v) is 8.04. The average Bonchev–Trinajstić information content (AvgIpc) is 2.60. The molecular formula is C18H27NO4. The highest BCUT2D eigenvalue weighted by Crippen LogP contribution is 2.31. The summed E-state index contributed by atoms with van der Waals surface area (Å²) in [7, 11) is 6.83. The molecule has 1 amide bonds. The fourth-order valence-corrected chi connectivity index (χ4v) is 3.25. The topological polar surface area (TPSA) is 48.0 Å². The quantitative estimate of drug-likeness (QED) is 0.836. The lowest BCUT2D eigenvalue weighted by Crippen LogP contribution is -2.40. The van der Waals surface area contributed by atoms with Crippen molar-refractivity contribution in [2.45, 2.75) is 44.8 Å². The third-order valence-corrected chi connectivity index (χ3v) is 4.84. The highest BCUT2D eigenvalue weighted by atomic mass is 16.5. The van der Waals surface area contributed by atoms with Crippen molar-refractivity contribution in [3.8, 4) is 11.5 Å². The number of benzene rings is 1. The highest BCUT2D eigenvalue weighted by Gasteiger charge is 2.27. The minimum absolute atomic E-state index is 0.00228. The van der Waals surface area contributed by atoms with E-state index in [1.54, 1.807) is 33.5 Å². The molecule has 0 atom stereocenters. The molecule has 1 aliphatic carbocycles. The third-order valence-electron chi connectivity index (χ3n) is 4.84. The number of hydrogen-bond acceptors (Lipinski definition) is 4. The lowest BCUT2D eigenvalue weighted by molar-refractivity contribution is 0.0386. The minimum Gasteiger partial charge on any atom is -0.496 e. The molecule has 1 aromatic carbocycles. The summed E-state index contributed by atoms with van der Waals surface area (Å²) in [5.41, 5.74) is 1.50. The molecule has 1 aromatic rings. The predicted molar refractivity (Wildman–Crippen MR) is 89.4 cm³/mol. The van der Waals surface area contributed by atoms with Crippen LogP contribution in [0, 0.1) is 6.92 Å². The number of carbonyl (C=O) groups is 1. The van der Waals surface area contributed by atoms with Crippen LogP contribution in [0.2, 0.25) is 0 Å². The van der Waals surface area contributed by atoms with Crippen molar-refractivity contribution in [1.29, 1.82) is 0 Å². The van der Waals surface area contributed by atoms with Crippen LogP contribution in [0.3, 0.4) is 0 Å². The molecule has 0 radical (unpaired) electrons. The molecular weight excluding hydrogens is 294 g/mol. The maximum Gasteiger partial charge on any atom is 0.254 e. The molecule has 5 nitrogen and oxygen atoms in total. The zero-order valence-electron chi connectivity index (χ0n) is 14.7. The van der Waals surface area contributed by atoms with E-state index in [0.717, 1.165) is 31.2 Å². The van der Waals surface area contributed by atoms with Crippen LogP contribution in [-0.2, 0) is 4.74 Å². The Morgan fingerprint density at radius 2 is 1.57 bits per heavy atom. The van der Waals surface area contributed by atoms with Gasteiger partial charge in [0.15, 0.2) is 0 Å². The number of nitrogens with zero attached hydrogens (tertiary/aromatic N) is 1. The normalized spacial score (nSPS) is 20.9. The fourth-order valence-electron chi connectivity index (χ4n) is 3.25. The van der Waals surface area contributed by atoms with Gasteiger partial charge in [-0.2, -0.15) is 0 Å². The first kappa shape index (κ1) is 17.6. The number of ether oxygens (including phenoxy) is 3. The van der Waals surface area contributed by atoms with Gasteiger partial charge >= 0.3 is 0 Å². The second kappa shape index (κ2) is 7.68. The average molecular weight is 321 g/mol. The molecule has 0 aliphatic heterocycles. The fraction of sp³-hybridized carbons (Fsp3) is 0.611. The van der Waals surface area contributed by atoms with Gasteiger partial charge in [0.25, 0.3) is 5.91 Å². The molecule has 1 aliphatic rings. The van der Waals surface area contributed by atoms with Crippen molar-refractivity contribution >= 4 is 5.91 Å². The lowest BCUT2D eigenvalue weighted by Gasteiger charge is -2.34. The maximum atomic E-state index is 12.8. The zero-order valence-corrected chi connectivity index (χ0v) is 14.7. The smallest absolute Gasteiger partial charge is 0.254 e. The third kappa shape index (κ3) is 3.78. The van der Waals surface area contributed by atoms with Gasteiger partial charge in [0, 0.05) is 31.3 Å². The number of hydrogen-bond donors (Lipinski definition) is 0. The van der Waals surface area contributed by atoms with Gasteiger partial charge in [-0.05, 0) is 44.7 Å².